The summed E-state index contributed by atoms with van der Waals surface area (Å²) in [5, 5.41) is 2.99. The number of amides is 2. The maximum Gasteiger partial charge on any atom is 0.244 e. The molecule has 0 saturated heterocycles. The minimum absolute atomic E-state index is 0.170. The molecule has 1 unspecified atom stereocenters. The molecular formula is C30H36IN3O4S. The zero-order valence-electron chi connectivity index (χ0n) is 22.6. The molecule has 208 valence electrons. The maximum absolute atomic E-state index is 14.0. The van der Waals surface area contributed by atoms with Crippen molar-refractivity contribution in [3.05, 3.63) is 99.1 Å². The van der Waals surface area contributed by atoms with Crippen molar-refractivity contribution in [2.45, 2.75) is 45.7 Å². The highest BCUT2D eigenvalue weighted by atomic mass is 127. The first-order chi connectivity index (χ1) is 18.6. The SMILES string of the molecule is CCCCNC(=O)C(Cc1ccccc1)N(Cc1cccc(C)c1)C(=O)CN(c1ccc(I)cc1)S(C)(=O)=O. The summed E-state index contributed by atoms with van der Waals surface area (Å²) >= 11 is 2.14. The second kappa shape index (κ2) is 14.5. The topological polar surface area (TPSA) is 86.8 Å². The van der Waals surface area contributed by atoms with Crippen molar-refractivity contribution in [3.63, 3.8) is 0 Å². The van der Waals surface area contributed by atoms with Crippen LogP contribution in [-0.2, 0) is 32.6 Å². The van der Waals surface area contributed by atoms with E-state index in [0.29, 0.717) is 18.7 Å². The molecule has 0 spiro atoms. The van der Waals surface area contributed by atoms with Gasteiger partial charge in [0.1, 0.15) is 12.6 Å². The van der Waals surface area contributed by atoms with Crippen LogP contribution in [0.2, 0.25) is 0 Å². The van der Waals surface area contributed by atoms with Crippen LogP contribution < -0.4 is 9.62 Å². The minimum Gasteiger partial charge on any atom is -0.354 e. The van der Waals surface area contributed by atoms with Gasteiger partial charge < -0.3 is 10.2 Å². The molecule has 39 heavy (non-hydrogen) atoms. The molecule has 0 aliphatic rings. The Labute approximate surface area is 245 Å². The molecule has 9 heteroatoms. The van der Waals surface area contributed by atoms with Gasteiger partial charge in [-0.2, -0.15) is 0 Å². The summed E-state index contributed by atoms with van der Waals surface area (Å²) in [7, 11) is -3.78. The first-order valence-electron chi connectivity index (χ1n) is 13.0. The van der Waals surface area contributed by atoms with E-state index in [2.05, 4.69) is 27.9 Å². The molecule has 0 radical (unpaired) electrons. The van der Waals surface area contributed by atoms with E-state index in [4.69, 9.17) is 0 Å². The van der Waals surface area contributed by atoms with E-state index in [1.807, 2.05) is 68.4 Å². The molecule has 0 aliphatic heterocycles. The summed E-state index contributed by atoms with van der Waals surface area (Å²) in [4.78, 5) is 29.1. The van der Waals surface area contributed by atoms with E-state index in [0.717, 1.165) is 43.7 Å². The molecule has 0 bridgehead atoms. The number of nitrogens with one attached hydrogen (secondary N) is 1. The number of anilines is 1. The first-order valence-corrected chi connectivity index (χ1v) is 15.9. The molecule has 0 aromatic heterocycles. The Morgan fingerprint density at radius 2 is 1.62 bits per heavy atom. The van der Waals surface area contributed by atoms with Gasteiger partial charge in [-0.05, 0) is 71.3 Å². The highest BCUT2D eigenvalue weighted by Gasteiger charge is 2.33. The Hall–Kier alpha value is -2.92. The van der Waals surface area contributed by atoms with Crippen molar-refractivity contribution in [1.82, 2.24) is 10.2 Å². The molecular weight excluding hydrogens is 625 g/mol. The van der Waals surface area contributed by atoms with Gasteiger partial charge in [-0.15, -0.1) is 0 Å². The molecule has 0 saturated carbocycles. The molecule has 7 nitrogen and oxygen atoms in total. The van der Waals surface area contributed by atoms with Crippen molar-refractivity contribution in [1.29, 1.82) is 0 Å². The minimum atomic E-state index is -3.78. The zero-order valence-corrected chi connectivity index (χ0v) is 25.6. The lowest BCUT2D eigenvalue weighted by Gasteiger charge is -2.33. The van der Waals surface area contributed by atoms with Gasteiger partial charge in [0.25, 0.3) is 0 Å². The largest absolute Gasteiger partial charge is 0.354 e. The second-order valence-corrected chi connectivity index (χ2v) is 12.8. The summed E-state index contributed by atoms with van der Waals surface area (Å²) < 4.78 is 27.7. The summed E-state index contributed by atoms with van der Waals surface area (Å²) in [6, 6.07) is 23.4. The molecule has 3 rings (SSSR count). The van der Waals surface area contributed by atoms with E-state index in [1.165, 1.54) is 4.90 Å². The average molecular weight is 662 g/mol. The van der Waals surface area contributed by atoms with Crippen molar-refractivity contribution in [2.24, 2.45) is 0 Å². The van der Waals surface area contributed by atoms with Gasteiger partial charge >= 0.3 is 0 Å². The molecule has 1 atom stereocenters. The number of carbonyl (C=O) groups excluding carboxylic acids is 2. The van der Waals surface area contributed by atoms with Gasteiger partial charge in [-0.25, -0.2) is 8.42 Å². The summed E-state index contributed by atoms with van der Waals surface area (Å²) in [5.74, 6) is -0.708. The van der Waals surface area contributed by atoms with Gasteiger partial charge in [0.05, 0.1) is 11.9 Å². The van der Waals surface area contributed by atoms with Gasteiger partial charge in [0.2, 0.25) is 21.8 Å². The number of sulfonamides is 1. The first kappa shape index (κ1) is 30.6. The number of nitrogens with zero attached hydrogens (tertiary/aromatic N) is 2. The van der Waals surface area contributed by atoms with Crippen LogP contribution in [0.25, 0.3) is 0 Å². The zero-order chi connectivity index (χ0) is 28.4. The molecule has 3 aromatic rings. The van der Waals surface area contributed by atoms with Crippen LogP contribution in [0.1, 0.15) is 36.5 Å². The Morgan fingerprint density at radius 1 is 0.949 bits per heavy atom. The lowest BCUT2D eigenvalue weighted by molar-refractivity contribution is -0.140. The number of hydrogen-bond acceptors (Lipinski definition) is 4. The third-order valence-electron chi connectivity index (χ3n) is 6.33. The van der Waals surface area contributed by atoms with Gasteiger partial charge in [0, 0.05) is 23.1 Å². The summed E-state index contributed by atoms with van der Waals surface area (Å²) in [6.45, 7) is 4.27. The molecule has 0 fully saturated rings. The van der Waals surface area contributed by atoms with Crippen LogP contribution in [0.3, 0.4) is 0 Å². The monoisotopic (exact) mass is 661 g/mol. The Morgan fingerprint density at radius 3 is 2.23 bits per heavy atom. The number of halogens is 1. The quantitative estimate of drug-likeness (QED) is 0.208. The molecule has 2 amide bonds. The number of rotatable bonds is 13. The maximum atomic E-state index is 14.0. The third-order valence-corrected chi connectivity index (χ3v) is 8.19. The van der Waals surface area contributed by atoms with Gasteiger partial charge in [-0.3, -0.25) is 13.9 Å². The number of carbonyl (C=O) groups is 2. The fourth-order valence-electron chi connectivity index (χ4n) is 4.29. The van der Waals surface area contributed by atoms with Gasteiger partial charge in [0.15, 0.2) is 0 Å². The normalized spacial score (nSPS) is 12.0. The number of benzene rings is 3. The summed E-state index contributed by atoms with van der Waals surface area (Å²) in [6.07, 6.45) is 3.14. The lowest BCUT2D eigenvalue weighted by atomic mass is 10.0. The van der Waals surface area contributed by atoms with Crippen LogP contribution in [0.4, 0.5) is 5.69 Å². The smallest absolute Gasteiger partial charge is 0.244 e. The van der Waals surface area contributed by atoms with Crippen LogP contribution in [0, 0.1) is 10.5 Å². The number of unbranched alkanes of at least 4 members (excludes halogenated alkanes) is 1. The molecule has 3 aromatic carbocycles. The highest BCUT2D eigenvalue weighted by Crippen LogP contribution is 2.21. The predicted molar refractivity (Wildman–Crippen MR) is 165 cm³/mol. The number of aryl methyl sites for hydroxylation is 1. The fraction of sp³-hybridized carbons (Fsp3) is 0.333. The number of hydrogen-bond donors (Lipinski definition) is 1. The van der Waals surface area contributed by atoms with E-state index >= 15 is 0 Å². The Kier molecular flexibility index (Phi) is 11.4. The fourth-order valence-corrected chi connectivity index (χ4v) is 5.50. The van der Waals surface area contributed by atoms with Crippen molar-refractivity contribution in [3.8, 4) is 0 Å². The van der Waals surface area contributed by atoms with Crippen molar-refractivity contribution >= 4 is 50.1 Å². The molecule has 0 heterocycles. The van der Waals surface area contributed by atoms with Crippen LogP contribution >= 0.6 is 22.6 Å². The second-order valence-electron chi connectivity index (χ2n) is 9.61. The third kappa shape index (κ3) is 9.35. The van der Waals surface area contributed by atoms with E-state index < -0.39 is 28.5 Å². The standard InChI is InChI=1S/C30H36IN3O4S/c1-4-5-18-32-30(36)28(20-24-11-7-6-8-12-24)33(21-25-13-9-10-23(2)19-25)29(35)22-34(39(3,37)38)27-16-14-26(31)15-17-27/h6-17,19,28H,4-5,18,20-22H2,1-3H3,(H,32,36). The Balaban J connectivity index is 2.02. The van der Waals surface area contributed by atoms with Crippen LogP contribution in [0.15, 0.2) is 78.9 Å². The lowest BCUT2D eigenvalue weighted by Crippen LogP contribution is -2.53. The van der Waals surface area contributed by atoms with E-state index in [9.17, 15) is 18.0 Å². The Bertz CT molecular complexity index is 1350. The molecule has 0 aliphatic carbocycles. The van der Waals surface area contributed by atoms with Crippen molar-refractivity contribution in [2.75, 3.05) is 23.7 Å². The predicted octanol–water partition coefficient (Wildman–Crippen LogP) is 4.92. The van der Waals surface area contributed by atoms with Crippen molar-refractivity contribution < 1.29 is 18.0 Å². The van der Waals surface area contributed by atoms with Gasteiger partial charge in [-0.1, -0.05) is 73.5 Å². The van der Waals surface area contributed by atoms with Crippen LogP contribution in [-0.4, -0.2) is 50.5 Å². The van der Waals surface area contributed by atoms with Crippen LogP contribution in [0.5, 0.6) is 0 Å². The average Bonchev–Trinajstić information content (AvgIpc) is 2.90. The van der Waals surface area contributed by atoms with E-state index in [-0.39, 0.29) is 12.5 Å². The highest BCUT2D eigenvalue weighted by molar-refractivity contribution is 14.1. The molecule has 1 N–H and O–H groups in total. The summed E-state index contributed by atoms with van der Waals surface area (Å²) in [5.41, 5.74) is 3.20. The van der Waals surface area contributed by atoms with E-state index in [1.54, 1.807) is 24.3 Å².